The molecule has 1 aliphatic rings. The number of ketones is 2. The van der Waals surface area contributed by atoms with Crippen LogP contribution in [0, 0.1) is 0 Å². The monoisotopic (exact) mass is 150 g/mol. The van der Waals surface area contributed by atoms with Crippen molar-refractivity contribution in [3.8, 4) is 0 Å². The minimum absolute atomic E-state index is 0.0208. The first-order valence-electron chi connectivity index (χ1n) is 2.99. The number of carbonyl (C=O) groups is 2. The average molecular weight is 150 g/mol. The van der Waals surface area contributed by atoms with E-state index in [4.69, 9.17) is 0 Å². The Balaban J connectivity index is 2.84. The Morgan fingerprint density at radius 1 is 1.36 bits per heavy atom. The SMILES string of the molecule is C=COC1=CC(=O)C=CC1=O. The third-order valence-electron chi connectivity index (χ3n) is 1.13. The molecule has 0 atom stereocenters. The molecule has 0 saturated heterocycles. The van der Waals surface area contributed by atoms with Crippen LogP contribution < -0.4 is 0 Å². The number of allylic oxidation sites excluding steroid dienone is 3. The molecule has 56 valence electrons. The first-order chi connectivity index (χ1) is 5.24. The second-order valence-electron chi connectivity index (χ2n) is 1.89. The normalized spacial score (nSPS) is 16.2. The molecule has 0 bridgehead atoms. The zero-order valence-corrected chi connectivity index (χ0v) is 5.74. The highest BCUT2D eigenvalue weighted by molar-refractivity contribution is 6.16. The fourth-order valence-corrected chi connectivity index (χ4v) is 0.670. The first kappa shape index (κ1) is 7.47. The van der Waals surface area contributed by atoms with Gasteiger partial charge in [-0.1, -0.05) is 6.58 Å². The zero-order valence-electron chi connectivity index (χ0n) is 5.74. The summed E-state index contributed by atoms with van der Waals surface area (Å²) in [5.41, 5.74) is 0. The van der Waals surface area contributed by atoms with Crippen LogP contribution in [0.3, 0.4) is 0 Å². The lowest BCUT2D eigenvalue weighted by molar-refractivity contribution is -0.116. The fraction of sp³-hybridized carbons (Fsp3) is 0. The summed E-state index contributed by atoms with van der Waals surface area (Å²) in [6.45, 7) is 3.26. The topological polar surface area (TPSA) is 43.4 Å². The minimum atomic E-state index is -0.315. The zero-order chi connectivity index (χ0) is 8.27. The predicted octanol–water partition coefficient (Wildman–Crippen LogP) is 0.738. The van der Waals surface area contributed by atoms with Gasteiger partial charge in [-0.2, -0.15) is 0 Å². The van der Waals surface area contributed by atoms with Gasteiger partial charge < -0.3 is 4.74 Å². The van der Waals surface area contributed by atoms with E-state index in [1.165, 1.54) is 12.2 Å². The van der Waals surface area contributed by atoms with E-state index in [-0.39, 0.29) is 17.3 Å². The molecule has 0 saturated carbocycles. The molecular weight excluding hydrogens is 144 g/mol. The van der Waals surface area contributed by atoms with Gasteiger partial charge in [-0.3, -0.25) is 9.59 Å². The largest absolute Gasteiger partial charge is 0.461 e. The minimum Gasteiger partial charge on any atom is -0.461 e. The Morgan fingerprint density at radius 2 is 2.09 bits per heavy atom. The van der Waals surface area contributed by atoms with Crippen LogP contribution in [-0.2, 0) is 14.3 Å². The van der Waals surface area contributed by atoms with E-state index in [1.807, 2.05) is 0 Å². The third kappa shape index (κ3) is 1.64. The van der Waals surface area contributed by atoms with Crippen LogP contribution in [0.25, 0.3) is 0 Å². The maximum atomic E-state index is 10.8. The Labute approximate surface area is 63.7 Å². The van der Waals surface area contributed by atoms with E-state index in [9.17, 15) is 9.59 Å². The fourth-order valence-electron chi connectivity index (χ4n) is 0.670. The van der Waals surface area contributed by atoms with Gasteiger partial charge in [0.2, 0.25) is 5.78 Å². The summed E-state index contributed by atoms with van der Waals surface area (Å²) in [7, 11) is 0. The van der Waals surface area contributed by atoms with Crippen molar-refractivity contribution in [1.82, 2.24) is 0 Å². The molecule has 0 aromatic rings. The highest BCUT2D eigenvalue weighted by Gasteiger charge is 2.12. The van der Waals surface area contributed by atoms with Crippen molar-refractivity contribution in [3.63, 3.8) is 0 Å². The lowest BCUT2D eigenvalue weighted by Crippen LogP contribution is -2.08. The summed E-state index contributed by atoms with van der Waals surface area (Å²) in [5.74, 6) is -0.543. The Hall–Kier alpha value is -1.64. The van der Waals surface area contributed by atoms with Gasteiger partial charge in [-0.15, -0.1) is 0 Å². The third-order valence-corrected chi connectivity index (χ3v) is 1.13. The van der Waals surface area contributed by atoms with Crippen LogP contribution in [0.15, 0.2) is 36.8 Å². The molecular formula is C8H6O3. The lowest BCUT2D eigenvalue weighted by atomic mass is 10.1. The van der Waals surface area contributed by atoms with Gasteiger partial charge in [-0.05, 0) is 12.2 Å². The number of ether oxygens (including phenoxy) is 1. The van der Waals surface area contributed by atoms with E-state index in [0.29, 0.717) is 0 Å². The lowest BCUT2D eigenvalue weighted by Gasteiger charge is -2.03. The molecule has 3 nitrogen and oxygen atoms in total. The van der Waals surface area contributed by atoms with Crippen LogP contribution in [0.5, 0.6) is 0 Å². The number of hydrogen-bond donors (Lipinski definition) is 0. The van der Waals surface area contributed by atoms with Crippen molar-refractivity contribution in [1.29, 1.82) is 0 Å². The second kappa shape index (κ2) is 2.96. The molecule has 3 heteroatoms. The molecule has 0 fully saturated rings. The highest BCUT2D eigenvalue weighted by atomic mass is 16.5. The first-order valence-corrected chi connectivity index (χ1v) is 2.99. The van der Waals surface area contributed by atoms with Gasteiger partial charge in [0, 0.05) is 6.08 Å². The number of carbonyl (C=O) groups excluding carboxylic acids is 2. The van der Waals surface area contributed by atoms with Gasteiger partial charge in [0.1, 0.15) is 0 Å². The molecule has 0 amide bonds. The van der Waals surface area contributed by atoms with E-state index < -0.39 is 0 Å². The summed E-state index contributed by atoms with van der Waals surface area (Å²) in [6.07, 6.45) is 4.60. The van der Waals surface area contributed by atoms with Crippen LogP contribution in [0.1, 0.15) is 0 Å². The van der Waals surface area contributed by atoms with E-state index in [0.717, 1.165) is 12.3 Å². The van der Waals surface area contributed by atoms with Gasteiger partial charge in [0.15, 0.2) is 11.5 Å². The van der Waals surface area contributed by atoms with E-state index in [1.54, 1.807) is 0 Å². The molecule has 0 aromatic heterocycles. The van der Waals surface area contributed by atoms with Crippen molar-refractivity contribution in [2.45, 2.75) is 0 Å². The van der Waals surface area contributed by atoms with Crippen molar-refractivity contribution < 1.29 is 14.3 Å². The maximum absolute atomic E-state index is 10.8. The van der Waals surface area contributed by atoms with Crippen molar-refractivity contribution in [2.75, 3.05) is 0 Å². The van der Waals surface area contributed by atoms with Crippen molar-refractivity contribution >= 4 is 11.6 Å². The molecule has 0 aromatic carbocycles. The predicted molar refractivity (Wildman–Crippen MR) is 38.5 cm³/mol. The number of hydrogen-bond acceptors (Lipinski definition) is 3. The van der Waals surface area contributed by atoms with Gasteiger partial charge in [0.25, 0.3) is 0 Å². The molecule has 11 heavy (non-hydrogen) atoms. The molecule has 0 aliphatic heterocycles. The molecule has 0 unspecified atom stereocenters. The molecule has 0 radical (unpaired) electrons. The average Bonchev–Trinajstić information content (AvgIpc) is 1.98. The molecule has 0 heterocycles. The highest BCUT2D eigenvalue weighted by Crippen LogP contribution is 2.06. The van der Waals surface area contributed by atoms with Crippen LogP contribution in [-0.4, -0.2) is 11.6 Å². The summed E-state index contributed by atoms with van der Waals surface area (Å²) >= 11 is 0. The standard InChI is InChI=1S/C8H6O3/c1-2-11-8-5-6(9)3-4-7(8)10/h2-5H,1H2. The molecule has 1 rings (SSSR count). The second-order valence-corrected chi connectivity index (χ2v) is 1.89. The Morgan fingerprint density at radius 3 is 2.73 bits per heavy atom. The van der Waals surface area contributed by atoms with Crippen LogP contribution >= 0.6 is 0 Å². The van der Waals surface area contributed by atoms with Gasteiger partial charge in [-0.25, -0.2) is 0 Å². The van der Waals surface area contributed by atoms with Gasteiger partial charge in [0.05, 0.1) is 6.26 Å². The quantitative estimate of drug-likeness (QED) is 0.430. The summed E-state index contributed by atoms with van der Waals surface area (Å²) in [6, 6.07) is 0. The smallest absolute Gasteiger partial charge is 0.221 e. The summed E-state index contributed by atoms with van der Waals surface area (Å²) in [4.78, 5) is 21.5. The van der Waals surface area contributed by atoms with Crippen molar-refractivity contribution in [3.05, 3.63) is 36.8 Å². The van der Waals surface area contributed by atoms with Crippen molar-refractivity contribution in [2.24, 2.45) is 0 Å². The van der Waals surface area contributed by atoms with E-state index >= 15 is 0 Å². The molecule has 1 aliphatic carbocycles. The Kier molecular flexibility index (Phi) is 2.01. The van der Waals surface area contributed by atoms with Crippen LogP contribution in [0.4, 0.5) is 0 Å². The van der Waals surface area contributed by atoms with E-state index in [2.05, 4.69) is 11.3 Å². The summed E-state index contributed by atoms with van der Waals surface area (Å²) < 4.78 is 4.67. The van der Waals surface area contributed by atoms with Gasteiger partial charge >= 0.3 is 0 Å². The maximum Gasteiger partial charge on any atom is 0.221 e. The number of rotatable bonds is 2. The summed E-state index contributed by atoms with van der Waals surface area (Å²) in [5, 5.41) is 0. The van der Waals surface area contributed by atoms with Crippen LogP contribution in [0.2, 0.25) is 0 Å². The Bertz CT molecular complexity index is 271. The molecule has 0 N–H and O–H groups in total. The molecule has 0 spiro atoms.